The highest BCUT2D eigenvalue weighted by molar-refractivity contribution is 6.30. The number of hydrogen-bond donors (Lipinski definition) is 1. The molecule has 1 aliphatic carbocycles. The zero-order valence-electron chi connectivity index (χ0n) is 8.28. The normalized spacial score (nSPS) is 20.5. The molecule has 1 aromatic carbocycles. The van der Waals surface area contributed by atoms with Crippen molar-refractivity contribution in [1.29, 1.82) is 0 Å². The maximum absolute atomic E-state index is 10.1. The summed E-state index contributed by atoms with van der Waals surface area (Å²) in [6, 6.07) is 7.51. The standard InChI is InChI=1S/C12H15ClO/c1-8(9-5-6-9)12(14)10-3-2-4-11(13)7-10/h2-4,7-9,12,14H,5-6H2,1H3. The van der Waals surface area contributed by atoms with Crippen molar-refractivity contribution in [3.05, 3.63) is 34.9 Å². The van der Waals surface area contributed by atoms with Crippen molar-refractivity contribution in [2.45, 2.75) is 25.9 Å². The molecule has 0 bridgehead atoms. The summed E-state index contributed by atoms with van der Waals surface area (Å²) in [5.74, 6) is 1.07. The van der Waals surface area contributed by atoms with Crippen molar-refractivity contribution in [2.75, 3.05) is 0 Å². The molecule has 2 rings (SSSR count). The Balaban J connectivity index is 2.13. The van der Waals surface area contributed by atoms with E-state index in [2.05, 4.69) is 6.92 Å². The van der Waals surface area contributed by atoms with Crippen molar-refractivity contribution in [1.82, 2.24) is 0 Å². The summed E-state index contributed by atoms with van der Waals surface area (Å²) in [6.45, 7) is 2.11. The summed E-state index contributed by atoms with van der Waals surface area (Å²) in [5.41, 5.74) is 0.942. The van der Waals surface area contributed by atoms with Crippen molar-refractivity contribution in [3.8, 4) is 0 Å². The van der Waals surface area contributed by atoms with Gasteiger partial charge in [-0.3, -0.25) is 0 Å². The lowest BCUT2D eigenvalue weighted by Crippen LogP contribution is -2.10. The van der Waals surface area contributed by atoms with Gasteiger partial charge < -0.3 is 5.11 Å². The van der Waals surface area contributed by atoms with E-state index in [1.165, 1.54) is 12.8 Å². The highest BCUT2D eigenvalue weighted by atomic mass is 35.5. The van der Waals surface area contributed by atoms with Gasteiger partial charge in [-0.1, -0.05) is 30.7 Å². The van der Waals surface area contributed by atoms with Gasteiger partial charge in [0.1, 0.15) is 0 Å². The molecular formula is C12H15ClO. The van der Waals surface area contributed by atoms with Crippen LogP contribution in [-0.4, -0.2) is 5.11 Å². The van der Waals surface area contributed by atoms with E-state index in [1.807, 2.05) is 24.3 Å². The van der Waals surface area contributed by atoms with Crippen LogP contribution in [0.3, 0.4) is 0 Å². The number of rotatable bonds is 3. The van der Waals surface area contributed by atoms with Crippen LogP contribution in [0.2, 0.25) is 5.02 Å². The van der Waals surface area contributed by atoms with E-state index in [0.29, 0.717) is 16.9 Å². The van der Waals surface area contributed by atoms with Gasteiger partial charge in [0.05, 0.1) is 6.10 Å². The van der Waals surface area contributed by atoms with Crippen molar-refractivity contribution in [2.24, 2.45) is 11.8 Å². The van der Waals surface area contributed by atoms with Crippen LogP contribution < -0.4 is 0 Å². The number of halogens is 1. The molecule has 14 heavy (non-hydrogen) atoms. The van der Waals surface area contributed by atoms with Gasteiger partial charge in [0.25, 0.3) is 0 Å². The molecule has 1 fully saturated rings. The molecule has 0 heterocycles. The Bertz CT molecular complexity index is 320. The summed E-state index contributed by atoms with van der Waals surface area (Å²) < 4.78 is 0. The van der Waals surface area contributed by atoms with Crippen LogP contribution in [0.4, 0.5) is 0 Å². The van der Waals surface area contributed by atoms with E-state index >= 15 is 0 Å². The first-order chi connectivity index (χ1) is 6.68. The molecule has 0 radical (unpaired) electrons. The molecule has 1 aliphatic rings. The Kier molecular flexibility index (Phi) is 2.80. The molecule has 1 aromatic rings. The summed E-state index contributed by atoms with van der Waals surface area (Å²) >= 11 is 5.88. The molecule has 0 aliphatic heterocycles. The SMILES string of the molecule is CC(C1CC1)C(O)c1cccc(Cl)c1. The first-order valence-corrected chi connectivity index (χ1v) is 5.50. The van der Waals surface area contributed by atoms with Crippen LogP contribution in [0.5, 0.6) is 0 Å². The van der Waals surface area contributed by atoms with Crippen LogP contribution in [-0.2, 0) is 0 Å². The molecule has 2 heteroatoms. The van der Waals surface area contributed by atoms with Gasteiger partial charge in [-0.25, -0.2) is 0 Å². The van der Waals surface area contributed by atoms with E-state index < -0.39 is 0 Å². The second kappa shape index (κ2) is 3.92. The lowest BCUT2D eigenvalue weighted by atomic mass is 9.93. The minimum absolute atomic E-state index is 0.355. The van der Waals surface area contributed by atoms with E-state index in [-0.39, 0.29) is 6.10 Å². The monoisotopic (exact) mass is 210 g/mol. The quantitative estimate of drug-likeness (QED) is 0.811. The molecule has 0 aromatic heterocycles. The average molecular weight is 211 g/mol. The first-order valence-electron chi connectivity index (χ1n) is 5.12. The lowest BCUT2D eigenvalue weighted by Gasteiger charge is -2.18. The van der Waals surface area contributed by atoms with E-state index in [4.69, 9.17) is 11.6 Å². The van der Waals surface area contributed by atoms with Gasteiger partial charge in [0.2, 0.25) is 0 Å². The minimum Gasteiger partial charge on any atom is -0.388 e. The van der Waals surface area contributed by atoms with Gasteiger partial charge in [0, 0.05) is 5.02 Å². The first kappa shape index (κ1) is 10.0. The van der Waals surface area contributed by atoms with E-state index in [0.717, 1.165) is 5.56 Å². The number of aliphatic hydroxyl groups excluding tert-OH is 1. The summed E-state index contributed by atoms with van der Waals surface area (Å²) in [5, 5.41) is 10.8. The smallest absolute Gasteiger partial charge is 0.0818 e. The number of benzene rings is 1. The number of hydrogen-bond acceptors (Lipinski definition) is 1. The van der Waals surface area contributed by atoms with Crippen LogP contribution in [0, 0.1) is 11.8 Å². The highest BCUT2D eigenvalue weighted by Crippen LogP contribution is 2.42. The van der Waals surface area contributed by atoms with Gasteiger partial charge in [-0.05, 0) is 42.4 Å². The van der Waals surface area contributed by atoms with Crippen LogP contribution in [0.1, 0.15) is 31.4 Å². The van der Waals surface area contributed by atoms with Gasteiger partial charge >= 0.3 is 0 Å². The zero-order chi connectivity index (χ0) is 10.1. The fraction of sp³-hybridized carbons (Fsp3) is 0.500. The van der Waals surface area contributed by atoms with Gasteiger partial charge in [-0.2, -0.15) is 0 Å². The predicted molar refractivity (Wildman–Crippen MR) is 58.3 cm³/mol. The molecule has 0 amide bonds. The lowest BCUT2D eigenvalue weighted by molar-refractivity contribution is 0.106. The van der Waals surface area contributed by atoms with Crippen molar-refractivity contribution >= 4 is 11.6 Å². The maximum atomic E-state index is 10.1. The second-order valence-corrected chi connectivity index (χ2v) is 4.63. The van der Waals surface area contributed by atoms with Gasteiger partial charge in [-0.15, -0.1) is 0 Å². The Hall–Kier alpha value is -0.530. The third-order valence-corrected chi connectivity index (χ3v) is 3.29. The fourth-order valence-corrected chi connectivity index (χ4v) is 2.07. The van der Waals surface area contributed by atoms with Gasteiger partial charge in [0.15, 0.2) is 0 Å². The molecule has 1 N–H and O–H groups in total. The van der Waals surface area contributed by atoms with E-state index in [1.54, 1.807) is 0 Å². The molecule has 0 spiro atoms. The molecule has 0 saturated heterocycles. The molecule has 76 valence electrons. The summed E-state index contributed by atoms with van der Waals surface area (Å²) in [7, 11) is 0. The molecule has 2 atom stereocenters. The van der Waals surface area contributed by atoms with Crippen molar-refractivity contribution in [3.63, 3.8) is 0 Å². The third-order valence-electron chi connectivity index (χ3n) is 3.05. The Morgan fingerprint density at radius 2 is 2.14 bits per heavy atom. The Morgan fingerprint density at radius 1 is 1.43 bits per heavy atom. The van der Waals surface area contributed by atoms with E-state index in [9.17, 15) is 5.11 Å². The minimum atomic E-state index is -0.360. The Labute approximate surface area is 89.7 Å². The average Bonchev–Trinajstić information content (AvgIpc) is 2.99. The van der Waals surface area contributed by atoms with Crippen LogP contribution in [0.25, 0.3) is 0 Å². The fourth-order valence-electron chi connectivity index (χ4n) is 1.87. The topological polar surface area (TPSA) is 20.2 Å². The molecule has 1 saturated carbocycles. The predicted octanol–water partition coefficient (Wildman–Crippen LogP) is 3.42. The Morgan fingerprint density at radius 3 is 2.71 bits per heavy atom. The zero-order valence-corrected chi connectivity index (χ0v) is 9.04. The second-order valence-electron chi connectivity index (χ2n) is 4.20. The summed E-state index contributed by atoms with van der Waals surface area (Å²) in [4.78, 5) is 0. The van der Waals surface area contributed by atoms with Crippen LogP contribution >= 0.6 is 11.6 Å². The maximum Gasteiger partial charge on any atom is 0.0818 e. The third kappa shape index (κ3) is 2.10. The van der Waals surface area contributed by atoms with Crippen LogP contribution in [0.15, 0.2) is 24.3 Å². The van der Waals surface area contributed by atoms with Crippen molar-refractivity contribution < 1.29 is 5.11 Å². The number of aliphatic hydroxyl groups is 1. The molecule has 2 unspecified atom stereocenters. The molecular weight excluding hydrogens is 196 g/mol. The largest absolute Gasteiger partial charge is 0.388 e. The highest BCUT2D eigenvalue weighted by Gasteiger charge is 2.33. The summed E-state index contributed by atoms with van der Waals surface area (Å²) in [6.07, 6.45) is 2.17. The molecule has 1 nitrogen and oxygen atoms in total.